The summed E-state index contributed by atoms with van der Waals surface area (Å²) in [5, 5.41) is 15.9. The van der Waals surface area contributed by atoms with Crippen molar-refractivity contribution in [3.63, 3.8) is 0 Å². The summed E-state index contributed by atoms with van der Waals surface area (Å²) in [5.74, 6) is -1.39. The van der Waals surface area contributed by atoms with Crippen LogP contribution in [0.3, 0.4) is 0 Å². The quantitative estimate of drug-likeness (QED) is 0.657. The number of nitrogens with one attached hydrogen (secondary N) is 1. The highest BCUT2D eigenvalue weighted by Gasteiger charge is 2.35. The number of rotatable bonds is 6. The molecule has 160 valence electrons. The summed E-state index contributed by atoms with van der Waals surface area (Å²) in [4.78, 5) is 10.5. The van der Waals surface area contributed by atoms with E-state index in [-0.39, 0.29) is 25.5 Å². The van der Waals surface area contributed by atoms with E-state index in [1.165, 1.54) is 4.80 Å². The highest BCUT2D eigenvalue weighted by molar-refractivity contribution is 5.42. The third kappa shape index (κ3) is 4.71. The smallest absolute Gasteiger partial charge is 0.256 e. The van der Waals surface area contributed by atoms with Crippen LogP contribution in [0.4, 0.5) is 14.6 Å². The van der Waals surface area contributed by atoms with Crippen LogP contribution in [0.1, 0.15) is 42.8 Å². The van der Waals surface area contributed by atoms with Gasteiger partial charge in [0.1, 0.15) is 18.1 Å². The number of nitrogens with zero attached hydrogens (tertiary/aromatic N) is 7. The van der Waals surface area contributed by atoms with Crippen LogP contribution in [0.5, 0.6) is 5.88 Å². The Morgan fingerprint density at radius 1 is 1.17 bits per heavy atom. The molecule has 3 aromatic rings. The van der Waals surface area contributed by atoms with E-state index in [0.29, 0.717) is 36.2 Å². The van der Waals surface area contributed by atoms with Gasteiger partial charge in [-0.1, -0.05) is 0 Å². The predicted molar refractivity (Wildman–Crippen MR) is 105 cm³/mol. The van der Waals surface area contributed by atoms with Gasteiger partial charge in [0.2, 0.25) is 11.8 Å². The SMILES string of the molecule is Cc1cc(C)n(-c2nc(NC3CCC(F)(F)CC3)cc(OCc3cnn(C)n3)n2)n1. The molecule has 0 saturated heterocycles. The van der Waals surface area contributed by atoms with Crippen LogP contribution in [0, 0.1) is 13.8 Å². The van der Waals surface area contributed by atoms with E-state index in [9.17, 15) is 8.78 Å². The van der Waals surface area contributed by atoms with Gasteiger partial charge in [0, 0.05) is 37.7 Å². The van der Waals surface area contributed by atoms with Crippen LogP contribution in [0.25, 0.3) is 5.95 Å². The third-order valence-electron chi connectivity index (χ3n) is 4.97. The molecular formula is C19H24F2N8O. The van der Waals surface area contributed by atoms with Gasteiger partial charge in [-0.2, -0.15) is 30.1 Å². The monoisotopic (exact) mass is 418 g/mol. The molecular weight excluding hydrogens is 394 g/mol. The standard InChI is InChI=1S/C19H24F2N8O/c1-12-8-13(2)29(26-12)18-24-16(23-14-4-6-19(20,21)7-5-14)9-17(25-18)30-11-15-10-22-28(3)27-15/h8-10,14H,4-7,11H2,1-3H3,(H,23,24,25). The zero-order valence-electron chi connectivity index (χ0n) is 17.1. The molecule has 0 unspecified atom stereocenters. The Balaban J connectivity index is 1.58. The molecule has 0 aliphatic heterocycles. The Kier molecular flexibility index (Phi) is 5.35. The molecule has 3 heterocycles. The zero-order valence-corrected chi connectivity index (χ0v) is 17.1. The highest BCUT2D eigenvalue weighted by atomic mass is 19.3. The Morgan fingerprint density at radius 2 is 1.93 bits per heavy atom. The minimum atomic E-state index is -2.58. The number of halogens is 2. The predicted octanol–water partition coefficient (Wildman–Crippen LogP) is 2.98. The average Bonchev–Trinajstić information content (AvgIpc) is 3.26. The van der Waals surface area contributed by atoms with E-state index in [1.807, 2.05) is 19.9 Å². The second-order valence-electron chi connectivity index (χ2n) is 7.62. The lowest BCUT2D eigenvalue weighted by atomic mass is 9.92. The van der Waals surface area contributed by atoms with Crippen LogP contribution < -0.4 is 10.1 Å². The molecule has 0 amide bonds. The summed E-state index contributed by atoms with van der Waals surface area (Å²) in [5.41, 5.74) is 2.38. The molecule has 0 bridgehead atoms. The van der Waals surface area contributed by atoms with Crippen molar-refractivity contribution in [3.05, 3.63) is 35.4 Å². The number of hydrogen-bond donors (Lipinski definition) is 1. The van der Waals surface area contributed by atoms with Crippen molar-refractivity contribution in [2.45, 2.75) is 58.1 Å². The molecule has 1 aliphatic carbocycles. The Bertz CT molecular complexity index is 1020. The maximum atomic E-state index is 13.5. The van der Waals surface area contributed by atoms with Gasteiger partial charge in [0.15, 0.2) is 0 Å². The van der Waals surface area contributed by atoms with Gasteiger partial charge in [-0.3, -0.25) is 0 Å². The van der Waals surface area contributed by atoms with E-state index < -0.39 is 5.92 Å². The number of ether oxygens (including phenoxy) is 1. The molecule has 11 heteroatoms. The van der Waals surface area contributed by atoms with Crippen LogP contribution >= 0.6 is 0 Å². The average molecular weight is 418 g/mol. The summed E-state index contributed by atoms with van der Waals surface area (Å²) in [6.45, 7) is 3.99. The first kappa shape index (κ1) is 20.2. The summed E-state index contributed by atoms with van der Waals surface area (Å²) >= 11 is 0. The molecule has 1 aliphatic rings. The van der Waals surface area contributed by atoms with Crippen molar-refractivity contribution < 1.29 is 13.5 Å². The van der Waals surface area contributed by atoms with Gasteiger partial charge in [-0.25, -0.2) is 13.5 Å². The van der Waals surface area contributed by atoms with E-state index in [4.69, 9.17) is 4.74 Å². The molecule has 1 fully saturated rings. The summed E-state index contributed by atoms with van der Waals surface area (Å²) in [6, 6.07) is 3.51. The minimum absolute atomic E-state index is 0.0827. The minimum Gasteiger partial charge on any atom is -0.471 e. The zero-order chi connectivity index (χ0) is 21.3. The molecule has 0 atom stereocenters. The lowest BCUT2D eigenvalue weighted by Gasteiger charge is -2.29. The Morgan fingerprint density at radius 3 is 2.57 bits per heavy atom. The van der Waals surface area contributed by atoms with Crippen molar-refractivity contribution in [2.24, 2.45) is 7.05 Å². The number of hydrogen-bond acceptors (Lipinski definition) is 7. The second kappa shape index (κ2) is 7.96. The van der Waals surface area contributed by atoms with Crippen LogP contribution in [0.2, 0.25) is 0 Å². The summed E-state index contributed by atoms with van der Waals surface area (Å²) < 4.78 is 34.4. The maximum Gasteiger partial charge on any atom is 0.256 e. The topological polar surface area (TPSA) is 95.6 Å². The fourth-order valence-corrected chi connectivity index (χ4v) is 3.48. The Hall–Kier alpha value is -3.11. The van der Waals surface area contributed by atoms with Crippen molar-refractivity contribution in [1.29, 1.82) is 0 Å². The van der Waals surface area contributed by atoms with Crippen molar-refractivity contribution in [2.75, 3.05) is 5.32 Å². The van der Waals surface area contributed by atoms with Crippen LogP contribution in [-0.4, -0.2) is 46.7 Å². The van der Waals surface area contributed by atoms with E-state index >= 15 is 0 Å². The summed E-state index contributed by atoms with van der Waals surface area (Å²) in [6.07, 6.45) is 2.11. The van der Waals surface area contributed by atoms with Gasteiger partial charge in [-0.05, 0) is 32.8 Å². The second-order valence-corrected chi connectivity index (χ2v) is 7.62. The van der Waals surface area contributed by atoms with Gasteiger partial charge in [-0.15, -0.1) is 0 Å². The molecule has 1 saturated carbocycles. The van der Waals surface area contributed by atoms with E-state index in [2.05, 4.69) is 30.6 Å². The number of anilines is 1. The molecule has 4 rings (SSSR count). The van der Waals surface area contributed by atoms with Crippen molar-refractivity contribution >= 4 is 5.82 Å². The molecule has 0 spiro atoms. The largest absolute Gasteiger partial charge is 0.471 e. The number of alkyl halides is 2. The van der Waals surface area contributed by atoms with Crippen molar-refractivity contribution in [1.82, 2.24) is 34.7 Å². The molecule has 30 heavy (non-hydrogen) atoms. The molecule has 0 radical (unpaired) electrons. The molecule has 3 aromatic heterocycles. The first-order valence-electron chi connectivity index (χ1n) is 9.82. The highest BCUT2D eigenvalue weighted by Crippen LogP contribution is 2.34. The normalized spacial score (nSPS) is 16.6. The van der Waals surface area contributed by atoms with Crippen LogP contribution in [-0.2, 0) is 13.7 Å². The van der Waals surface area contributed by atoms with Crippen LogP contribution in [0.15, 0.2) is 18.3 Å². The Labute approximate surface area is 172 Å². The first-order chi connectivity index (χ1) is 14.3. The number of aromatic nitrogens is 7. The molecule has 0 aromatic carbocycles. The van der Waals surface area contributed by atoms with Gasteiger partial charge >= 0.3 is 0 Å². The fraction of sp³-hybridized carbons (Fsp3) is 0.526. The molecule has 1 N–H and O–H groups in total. The number of aryl methyl sites for hydroxylation is 3. The third-order valence-corrected chi connectivity index (χ3v) is 4.97. The van der Waals surface area contributed by atoms with Crippen molar-refractivity contribution in [3.8, 4) is 11.8 Å². The van der Waals surface area contributed by atoms with E-state index in [1.54, 1.807) is 24.0 Å². The van der Waals surface area contributed by atoms with Gasteiger partial charge in [0.25, 0.3) is 5.95 Å². The van der Waals surface area contributed by atoms with E-state index in [0.717, 1.165) is 11.4 Å². The summed E-state index contributed by atoms with van der Waals surface area (Å²) in [7, 11) is 1.73. The maximum absolute atomic E-state index is 13.5. The fourth-order valence-electron chi connectivity index (χ4n) is 3.48. The van der Waals surface area contributed by atoms with Gasteiger partial charge in [0.05, 0.1) is 11.9 Å². The van der Waals surface area contributed by atoms with Gasteiger partial charge < -0.3 is 10.1 Å². The lowest BCUT2D eigenvalue weighted by molar-refractivity contribution is -0.0361. The lowest BCUT2D eigenvalue weighted by Crippen LogP contribution is -2.32. The first-order valence-corrected chi connectivity index (χ1v) is 9.82. The molecule has 9 nitrogen and oxygen atoms in total.